The van der Waals surface area contributed by atoms with E-state index in [1.54, 1.807) is 19.9 Å². The third kappa shape index (κ3) is 4.58. The molecule has 0 bridgehead atoms. The fraction of sp³-hybridized carbons (Fsp3) is 0.435. The van der Waals surface area contributed by atoms with Crippen LogP contribution in [-0.4, -0.2) is 34.2 Å². The van der Waals surface area contributed by atoms with Gasteiger partial charge in [-0.25, -0.2) is 4.79 Å². The molecule has 6 heteroatoms. The number of aromatic hydroxyl groups is 1. The fourth-order valence-corrected chi connectivity index (χ4v) is 3.45. The maximum Gasteiger partial charge on any atom is 0.342 e. The summed E-state index contributed by atoms with van der Waals surface area (Å²) in [7, 11) is 0. The van der Waals surface area contributed by atoms with Crippen LogP contribution in [0.2, 0.25) is 0 Å². The Morgan fingerprint density at radius 2 is 1.69 bits per heavy atom. The number of H-pyrrole nitrogens is 1. The van der Waals surface area contributed by atoms with E-state index in [4.69, 9.17) is 4.74 Å². The molecule has 0 saturated carbocycles. The van der Waals surface area contributed by atoms with Crippen LogP contribution in [0.1, 0.15) is 100 Å². The molecular weight excluding hydrogens is 370 g/mol. The summed E-state index contributed by atoms with van der Waals surface area (Å²) in [6.07, 6.45) is 0. The van der Waals surface area contributed by atoms with Gasteiger partial charge in [0.05, 0.1) is 5.69 Å². The standard InChI is InChI=1S/C23H29NO5/c1-11(2)16-8-17(12(3)4)22(27)18(9-16)23(28)29-10-19(26)21-13(5)20(15(7)25)14(6)24-21/h8-9,11-12,24,27H,10H2,1-7H3. The van der Waals surface area contributed by atoms with Crippen LogP contribution in [0.4, 0.5) is 0 Å². The van der Waals surface area contributed by atoms with E-state index in [1.165, 1.54) is 6.92 Å². The highest BCUT2D eigenvalue weighted by Crippen LogP contribution is 2.33. The average Bonchev–Trinajstić information content (AvgIpc) is 2.93. The summed E-state index contributed by atoms with van der Waals surface area (Å²) in [5.74, 6) is -1.26. The molecule has 2 N–H and O–H groups in total. The van der Waals surface area contributed by atoms with Gasteiger partial charge in [0, 0.05) is 11.3 Å². The summed E-state index contributed by atoms with van der Waals surface area (Å²) < 4.78 is 5.21. The second-order valence-corrected chi connectivity index (χ2v) is 8.00. The maximum atomic E-state index is 12.6. The Bertz CT molecular complexity index is 966. The number of nitrogens with one attached hydrogen (secondary N) is 1. The van der Waals surface area contributed by atoms with Gasteiger partial charge in [0.1, 0.15) is 11.3 Å². The van der Waals surface area contributed by atoms with Crippen molar-refractivity contribution in [2.45, 2.75) is 60.3 Å². The van der Waals surface area contributed by atoms with Crippen molar-refractivity contribution < 1.29 is 24.2 Å². The minimum atomic E-state index is -0.757. The van der Waals surface area contributed by atoms with Crippen LogP contribution in [0.3, 0.4) is 0 Å². The van der Waals surface area contributed by atoms with E-state index < -0.39 is 18.4 Å². The predicted octanol–water partition coefficient (Wildman–Crippen LogP) is 4.83. The van der Waals surface area contributed by atoms with Crippen LogP contribution in [0.25, 0.3) is 0 Å². The number of esters is 1. The number of Topliss-reactive ketones (excluding diaryl/α,β-unsaturated/α-hetero) is 2. The number of phenolic OH excluding ortho intramolecular Hbond substituents is 1. The average molecular weight is 399 g/mol. The number of carbonyl (C=O) groups is 3. The molecule has 6 nitrogen and oxygen atoms in total. The molecule has 2 aromatic rings. The van der Waals surface area contributed by atoms with Crippen LogP contribution >= 0.6 is 0 Å². The van der Waals surface area contributed by atoms with E-state index in [1.807, 2.05) is 33.8 Å². The van der Waals surface area contributed by atoms with Crippen LogP contribution < -0.4 is 0 Å². The molecule has 0 saturated heterocycles. The molecule has 156 valence electrons. The molecule has 0 aliphatic heterocycles. The van der Waals surface area contributed by atoms with E-state index in [2.05, 4.69) is 4.98 Å². The molecule has 0 amide bonds. The summed E-state index contributed by atoms with van der Waals surface area (Å²) in [4.78, 5) is 39.8. The second kappa shape index (κ2) is 8.64. The zero-order chi connectivity index (χ0) is 22.0. The topological polar surface area (TPSA) is 96.5 Å². The van der Waals surface area contributed by atoms with Gasteiger partial charge in [-0.15, -0.1) is 0 Å². The number of hydrogen-bond donors (Lipinski definition) is 2. The van der Waals surface area contributed by atoms with Crippen molar-refractivity contribution in [1.82, 2.24) is 4.98 Å². The van der Waals surface area contributed by atoms with Crippen LogP contribution in [0.15, 0.2) is 12.1 Å². The predicted molar refractivity (Wildman–Crippen MR) is 111 cm³/mol. The maximum absolute atomic E-state index is 12.6. The molecule has 1 aromatic carbocycles. The molecular formula is C23H29NO5. The quantitative estimate of drug-likeness (QED) is 0.514. The van der Waals surface area contributed by atoms with Crippen molar-refractivity contribution in [2.75, 3.05) is 6.61 Å². The molecule has 0 radical (unpaired) electrons. The summed E-state index contributed by atoms with van der Waals surface area (Å²) in [5, 5.41) is 10.5. The lowest BCUT2D eigenvalue weighted by Crippen LogP contribution is -2.16. The highest BCUT2D eigenvalue weighted by Gasteiger charge is 2.23. The molecule has 2 rings (SSSR count). The highest BCUT2D eigenvalue weighted by atomic mass is 16.5. The van der Waals surface area contributed by atoms with Gasteiger partial charge >= 0.3 is 5.97 Å². The molecule has 0 unspecified atom stereocenters. The minimum absolute atomic E-state index is 0.0245. The second-order valence-electron chi connectivity index (χ2n) is 8.00. The number of benzene rings is 1. The zero-order valence-corrected chi connectivity index (χ0v) is 18.1. The smallest absolute Gasteiger partial charge is 0.342 e. The number of rotatable bonds is 7. The number of aryl methyl sites for hydroxylation is 1. The van der Waals surface area contributed by atoms with E-state index in [0.717, 1.165) is 5.56 Å². The first kappa shape index (κ1) is 22.4. The zero-order valence-electron chi connectivity index (χ0n) is 18.1. The third-order valence-corrected chi connectivity index (χ3v) is 5.07. The lowest BCUT2D eigenvalue weighted by Gasteiger charge is -2.16. The van der Waals surface area contributed by atoms with Crippen molar-refractivity contribution in [1.29, 1.82) is 0 Å². The molecule has 0 atom stereocenters. The number of aromatic nitrogens is 1. The number of ether oxygens (including phenoxy) is 1. The molecule has 0 fully saturated rings. The van der Waals surface area contributed by atoms with Gasteiger partial charge in [-0.2, -0.15) is 0 Å². The minimum Gasteiger partial charge on any atom is -0.507 e. The van der Waals surface area contributed by atoms with Crippen molar-refractivity contribution in [3.63, 3.8) is 0 Å². The first-order chi connectivity index (χ1) is 13.5. The number of phenols is 1. The Balaban J connectivity index is 2.27. The number of ketones is 2. The summed E-state index contributed by atoms with van der Waals surface area (Å²) in [6, 6.07) is 3.50. The van der Waals surface area contributed by atoms with Crippen molar-refractivity contribution in [3.05, 3.63) is 51.3 Å². The van der Waals surface area contributed by atoms with Gasteiger partial charge in [-0.3, -0.25) is 9.59 Å². The molecule has 29 heavy (non-hydrogen) atoms. The lowest BCUT2D eigenvalue weighted by molar-refractivity contribution is 0.0470. The first-order valence-corrected chi connectivity index (χ1v) is 9.72. The third-order valence-electron chi connectivity index (χ3n) is 5.07. The van der Waals surface area contributed by atoms with Gasteiger partial charge in [0.15, 0.2) is 12.4 Å². The number of carbonyl (C=O) groups excluding carboxylic acids is 3. The van der Waals surface area contributed by atoms with Crippen molar-refractivity contribution in [2.24, 2.45) is 0 Å². The summed E-state index contributed by atoms with van der Waals surface area (Å²) >= 11 is 0. The van der Waals surface area contributed by atoms with Crippen molar-refractivity contribution in [3.8, 4) is 5.75 Å². The van der Waals surface area contributed by atoms with Crippen LogP contribution in [-0.2, 0) is 4.74 Å². The highest BCUT2D eigenvalue weighted by molar-refractivity contribution is 6.04. The van der Waals surface area contributed by atoms with Crippen LogP contribution in [0.5, 0.6) is 5.75 Å². The Kier molecular flexibility index (Phi) is 6.67. The fourth-order valence-electron chi connectivity index (χ4n) is 3.45. The van der Waals surface area contributed by atoms with Crippen molar-refractivity contribution >= 4 is 17.5 Å². The Morgan fingerprint density at radius 1 is 1.07 bits per heavy atom. The summed E-state index contributed by atoms with van der Waals surface area (Å²) in [5.41, 5.74) is 3.50. The molecule has 1 aromatic heterocycles. The SMILES string of the molecule is CC(=O)c1c(C)[nH]c(C(=O)COC(=O)c2cc(C(C)C)cc(C(C)C)c2O)c1C. The Morgan fingerprint density at radius 3 is 2.17 bits per heavy atom. The van der Waals surface area contributed by atoms with Gasteiger partial charge in [-0.05, 0) is 55.4 Å². The van der Waals surface area contributed by atoms with Gasteiger partial charge < -0.3 is 14.8 Å². The molecule has 0 spiro atoms. The van der Waals surface area contributed by atoms with E-state index in [0.29, 0.717) is 22.4 Å². The number of aromatic amines is 1. The van der Waals surface area contributed by atoms with Crippen LogP contribution in [0, 0.1) is 13.8 Å². The van der Waals surface area contributed by atoms with Gasteiger partial charge in [-0.1, -0.05) is 33.8 Å². The largest absolute Gasteiger partial charge is 0.507 e. The van der Waals surface area contributed by atoms with Gasteiger partial charge in [0.2, 0.25) is 5.78 Å². The first-order valence-electron chi connectivity index (χ1n) is 9.72. The molecule has 0 aliphatic rings. The Labute approximate surface area is 171 Å². The lowest BCUT2D eigenvalue weighted by atomic mass is 9.92. The molecule has 0 aliphatic carbocycles. The van der Waals surface area contributed by atoms with E-state index in [9.17, 15) is 19.5 Å². The number of hydrogen-bond acceptors (Lipinski definition) is 5. The van der Waals surface area contributed by atoms with E-state index >= 15 is 0 Å². The Hall–Kier alpha value is -2.89. The monoisotopic (exact) mass is 399 g/mol. The molecule has 1 heterocycles. The summed E-state index contributed by atoms with van der Waals surface area (Å²) in [6.45, 7) is 12.2. The van der Waals surface area contributed by atoms with E-state index in [-0.39, 0.29) is 34.6 Å². The van der Waals surface area contributed by atoms with Gasteiger partial charge in [0.25, 0.3) is 0 Å². The normalized spacial score (nSPS) is 11.2.